The van der Waals surface area contributed by atoms with E-state index in [1.165, 1.54) is 18.2 Å². The Morgan fingerprint density at radius 2 is 1.85 bits per heavy atom. The van der Waals surface area contributed by atoms with Crippen molar-refractivity contribution in [1.82, 2.24) is 0 Å². The van der Waals surface area contributed by atoms with Crippen molar-refractivity contribution in [3.63, 3.8) is 0 Å². The summed E-state index contributed by atoms with van der Waals surface area (Å²) < 4.78 is 27.0. The highest BCUT2D eigenvalue weighted by atomic mass is 79.9. The highest BCUT2D eigenvalue weighted by Crippen LogP contribution is 2.33. The molecule has 20 heavy (non-hydrogen) atoms. The minimum atomic E-state index is -0.747. The first-order chi connectivity index (χ1) is 9.38. The predicted octanol–water partition coefficient (Wildman–Crippen LogP) is 4.31. The van der Waals surface area contributed by atoms with Crippen molar-refractivity contribution in [1.29, 1.82) is 0 Å². The molecule has 6 heteroatoms. The number of anilines is 1. The SMILES string of the molecule is CC(Nc1c(F)cc(F)cc1Br)c1cc(O)ccc1O. The summed E-state index contributed by atoms with van der Waals surface area (Å²) in [5.41, 5.74) is 0.488. The number of benzene rings is 2. The Labute approximate surface area is 123 Å². The van der Waals surface area contributed by atoms with Gasteiger partial charge in [-0.15, -0.1) is 0 Å². The molecule has 1 unspecified atom stereocenters. The van der Waals surface area contributed by atoms with Crippen molar-refractivity contribution in [2.75, 3.05) is 5.32 Å². The average Bonchev–Trinajstić information content (AvgIpc) is 2.36. The Balaban J connectivity index is 2.32. The van der Waals surface area contributed by atoms with Crippen molar-refractivity contribution in [3.8, 4) is 11.5 Å². The molecule has 0 heterocycles. The molecule has 0 bridgehead atoms. The number of aromatic hydroxyl groups is 2. The van der Waals surface area contributed by atoms with Crippen LogP contribution in [0.5, 0.6) is 11.5 Å². The Hall–Kier alpha value is -1.82. The van der Waals surface area contributed by atoms with Gasteiger partial charge in [-0.3, -0.25) is 0 Å². The number of nitrogens with one attached hydrogen (secondary N) is 1. The van der Waals surface area contributed by atoms with E-state index in [-0.39, 0.29) is 21.7 Å². The Morgan fingerprint density at radius 1 is 1.15 bits per heavy atom. The van der Waals surface area contributed by atoms with Gasteiger partial charge in [-0.1, -0.05) is 0 Å². The maximum Gasteiger partial charge on any atom is 0.150 e. The molecule has 0 spiro atoms. The molecule has 106 valence electrons. The first-order valence-electron chi connectivity index (χ1n) is 5.81. The molecule has 2 aromatic rings. The standard InChI is InChI=1S/C14H12BrF2NO2/c1-7(10-6-9(19)2-3-13(10)20)18-14-11(15)4-8(16)5-12(14)17/h2-7,18-20H,1H3. The average molecular weight is 344 g/mol. The fraction of sp³-hybridized carbons (Fsp3) is 0.143. The van der Waals surface area contributed by atoms with E-state index in [9.17, 15) is 19.0 Å². The van der Waals surface area contributed by atoms with E-state index in [4.69, 9.17) is 0 Å². The summed E-state index contributed by atoms with van der Waals surface area (Å²) in [6, 6.07) is 5.49. The third-order valence-electron chi connectivity index (χ3n) is 2.85. The summed E-state index contributed by atoms with van der Waals surface area (Å²) in [6.07, 6.45) is 0. The van der Waals surface area contributed by atoms with Gasteiger partial charge in [0.25, 0.3) is 0 Å². The van der Waals surface area contributed by atoms with Crippen LogP contribution >= 0.6 is 15.9 Å². The van der Waals surface area contributed by atoms with Gasteiger partial charge in [0, 0.05) is 16.1 Å². The van der Waals surface area contributed by atoms with Gasteiger partial charge in [0.2, 0.25) is 0 Å². The van der Waals surface area contributed by atoms with Crippen molar-refractivity contribution in [2.24, 2.45) is 0 Å². The third kappa shape index (κ3) is 3.01. The van der Waals surface area contributed by atoms with Gasteiger partial charge >= 0.3 is 0 Å². The van der Waals surface area contributed by atoms with Crippen LogP contribution in [-0.4, -0.2) is 10.2 Å². The van der Waals surface area contributed by atoms with Crippen LogP contribution in [0.2, 0.25) is 0 Å². The summed E-state index contributed by atoms with van der Waals surface area (Å²) in [4.78, 5) is 0. The van der Waals surface area contributed by atoms with Gasteiger partial charge in [0.1, 0.15) is 23.1 Å². The number of hydrogen-bond donors (Lipinski definition) is 3. The van der Waals surface area contributed by atoms with Crippen LogP contribution in [0.1, 0.15) is 18.5 Å². The zero-order chi connectivity index (χ0) is 14.9. The first kappa shape index (κ1) is 14.6. The Bertz CT molecular complexity index is 626. The molecule has 2 rings (SSSR count). The number of rotatable bonds is 3. The lowest BCUT2D eigenvalue weighted by Gasteiger charge is -2.18. The molecule has 1 atom stereocenters. The summed E-state index contributed by atoms with van der Waals surface area (Å²) >= 11 is 3.08. The molecule has 0 radical (unpaired) electrons. The summed E-state index contributed by atoms with van der Waals surface area (Å²) in [6.45, 7) is 1.68. The quantitative estimate of drug-likeness (QED) is 0.728. The molecule has 0 saturated carbocycles. The van der Waals surface area contributed by atoms with Gasteiger partial charge in [-0.2, -0.15) is 0 Å². The molecule has 0 amide bonds. The fourth-order valence-electron chi connectivity index (χ4n) is 1.86. The normalized spacial score (nSPS) is 12.2. The molecule has 3 N–H and O–H groups in total. The van der Waals surface area contributed by atoms with E-state index < -0.39 is 17.7 Å². The van der Waals surface area contributed by atoms with Crippen molar-refractivity contribution in [2.45, 2.75) is 13.0 Å². The van der Waals surface area contributed by atoms with Crippen LogP contribution in [0.3, 0.4) is 0 Å². The second-order valence-electron chi connectivity index (χ2n) is 4.35. The highest BCUT2D eigenvalue weighted by Gasteiger charge is 2.16. The molecular formula is C14H12BrF2NO2. The van der Waals surface area contributed by atoms with Crippen molar-refractivity contribution in [3.05, 3.63) is 52.0 Å². The summed E-state index contributed by atoms with van der Waals surface area (Å²) in [7, 11) is 0. The fourth-order valence-corrected chi connectivity index (χ4v) is 2.39. The zero-order valence-corrected chi connectivity index (χ0v) is 12.1. The number of halogens is 3. The van der Waals surface area contributed by atoms with Gasteiger partial charge in [0.05, 0.1) is 11.7 Å². The monoisotopic (exact) mass is 343 g/mol. The predicted molar refractivity (Wildman–Crippen MR) is 75.9 cm³/mol. The van der Waals surface area contributed by atoms with Crippen LogP contribution in [-0.2, 0) is 0 Å². The largest absolute Gasteiger partial charge is 0.508 e. The maximum absolute atomic E-state index is 13.7. The van der Waals surface area contributed by atoms with Gasteiger partial charge in [-0.05, 0) is 47.1 Å². The first-order valence-corrected chi connectivity index (χ1v) is 6.60. The van der Waals surface area contributed by atoms with Crippen LogP contribution in [0.25, 0.3) is 0 Å². The molecule has 0 aliphatic heterocycles. The van der Waals surface area contributed by atoms with Gasteiger partial charge in [-0.25, -0.2) is 8.78 Å². The smallest absolute Gasteiger partial charge is 0.150 e. The van der Waals surface area contributed by atoms with Crippen LogP contribution in [0.15, 0.2) is 34.8 Å². The van der Waals surface area contributed by atoms with Crippen LogP contribution in [0, 0.1) is 11.6 Å². The van der Waals surface area contributed by atoms with Crippen LogP contribution < -0.4 is 5.32 Å². The minimum absolute atomic E-state index is 0.00917. The third-order valence-corrected chi connectivity index (χ3v) is 3.47. The highest BCUT2D eigenvalue weighted by molar-refractivity contribution is 9.10. The lowest BCUT2D eigenvalue weighted by atomic mass is 10.1. The Kier molecular flexibility index (Phi) is 4.13. The van der Waals surface area contributed by atoms with Gasteiger partial charge < -0.3 is 15.5 Å². The van der Waals surface area contributed by atoms with E-state index in [0.717, 1.165) is 12.1 Å². The lowest BCUT2D eigenvalue weighted by Crippen LogP contribution is -2.09. The zero-order valence-electron chi connectivity index (χ0n) is 10.5. The minimum Gasteiger partial charge on any atom is -0.508 e. The van der Waals surface area contributed by atoms with Gasteiger partial charge in [0.15, 0.2) is 0 Å². The molecule has 0 fully saturated rings. The molecule has 0 aliphatic carbocycles. The number of hydrogen-bond acceptors (Lipinski definition) is 3. The maximum atomic E-state index is 13.7. The molecule has 0 saturated heterocycles. The van der Waals surface area contributed by atoms with Crippen LogP contribution in [0.4, 0.5) is 14.5 Å². The molecule has 3 nitrogen and oxygen atoms in total. The molecule has 0 aliphatic rings. The number of phenolic OH excluding ortho intramolecular Hbond substituents is 2. The van der Waals surface area contributed by atoms with E-state index in [2.05, 4.69) is 21.2 Å². The molecule has 2 aromatic carbocycles. The van der Waals surface area contributed by atoms with E-state index in [1.807, 2.05) is 0 Å². The summed E-state index contributed by atoms with van der Waals surface area (Å²) in [5.74, 6) is -1.47. The van der Waals surface area contributed by atoms with E-state index in [0.29, 0.717) is 5.56 Å². The topological polar surface area (TPSA) is 52.5 Å². The second-order valence-corrected chi connectivity index (χ2v) is 5.21. The molecule has 0 aromatic heterocycles. The lowest BCUT2D eigenvalue weighted by molar-refractivity contribution is 0.451. The second kappa shape index (κ2) is 5.66. The summed E-state index contributed by atoms with van der Waals surface area (Å²) in [5, 5.41) is 22.0. The number of phenols is 2. The van der Waals surface area contributed by atoms with Crippen molar-refractivity contribution >= 4 is 21.6 Å². The van der Waals surface area contributed by atoms with E-state index in [1.54, 1.807) is 6.92 Å². The van der Waals surface area contributed by atoms with E-state index >= 15 is 0 Å². The molecular weight excluding hydrogens is 332 g/mol. The Morgan fingerprint density at radius 3 is 2.50 bits per heavy atom. The van der Waals surface area contributed by atoms with Crippen molar-refractivity contribution < 1.29 is 19.0 Å².